The SMILES string of the molecule is CCC(CC)(NC(=O)c1ccc(N2CC(OC)C2)c(OCC2CC2CO)n1)C(=O)OCCF. The van der Waals surface area contributed by atoms with Crippen molar-refractivity contribution in [1.82, 2.24) is 10.3 Å². The van der Waals surface area contributed by atoms with Crippen molar-refractivity contribution in [1.29, 1.82) is 0 Å². The number of anilines is 1. The number of rotatable bonds is 13. The zero-order chi connectivity index (χ0) is 24.0. The van der Waals surface area contributed by atoms with Crippen LogP contribution in [0.1, 0.15) is 43.6 Å². The molecule has 2 N–H and O–H groups in total. The van der Waals surface area contributed by atoms with Gasteiger partial charge in [-0.25, -0.2) is 14.2 Å². The summed E-state index contributed by atoms with van der Waals surface area (Å²) in [4.78, 5) is 32.1. The molecule has 0 radical (unpaired) electrons. The number of aliphatic hydroxyl groups is 1. The fraction of sp³-hybridized carbons (Fsp3) is 0.696. The number of amides is 1. The summed E-state index contributed by atoms with van der Waals surface area (Å²) in [6.45, 7) is 4.30. The average Bonchev–Trinajstić information content (AvgIpc) is 3.58. The molecule has 1 aromatic rings. The third-order valence-corrected chi connectivity index (χ3v) is 6.59. The Labute approximate surface area is 193 Å². The van der Waals surface area contributed by atoms with Crippen molar-refractivity contribution in [2.24, 2.45) is 11.8 Å². The van der Waals surface area contributed by atoms with Crippen LogP contribution in [0.15, 0.2) is 12.1 Å². The number of ether oxygens (including phenoxy) is 3. The molecule has 1 aliphatic carbocycles. The summed E-state index contributed by atoms with van der Waals surface area (Å²) < 4.78 is 28.8. The van der Waals surface area contributed by atoms with Gasteiger partial charge in [0.15, 0.2) is 0 Å². The summed E-state index contributed by atoms with van der Waals surface area (Å²) in [5.41, 5.74) is -0.392. The Kier molecular flexibility index (Phi) is 8.47. The topological polar surface area (TPSA) is 110 Å². The van der Waals surface area contributed by atoms with Crippen molar-refractivity contribution in [2.75, 3.05) is 51.6 Å². The number of aromatic nitrogens is 1. The lowest BCUT2D eigenvalue weighted by molar-refractivity contribution is -0.152. The first-order valence-electron chi connectivity index (χ1n) is 11.5. The second-order valence-corrected chi connectivity index (χ2v) is 8.60. The van der Waals surface area contributed by atoms with Crippen LogP contribution in [0.3, 0.4) is 0 Å². The van der Waals surface area contributed by atoms with E-state index >= 15 is 0 Å². The average molecular weight is 468 g/mol. The molecule has 2 fully saturated rings. The number of esters is 1. The summed E-state index contributed by atoms with van der Waals surface area (Å²) in [6.07, 6.45) is 1.61. The molecule has 184 valence electrons. The number of hydrogen-bond acceptors (Lipinski definition) is 8. The minimum Gasteiger partial charge on any atom is -0.476 e. The van der Waals surface area contributed by atoms with Gasteiger partial charge < -0.3 is 29.5 Å². The van der Waals surface area contributed by atoms with Gasteiger partial charge in [-0.1, -0.05) is 13.8 Å². The minimum atomic E-state index is -1.26. The summed E-state index contributed by atoms with van der Waals surface area (Å²) in [7, 11) is 1.67. The quantitative estimate of drug-likeness (QED) is 0.422. The molecule has 2 heterocycles. The largest absolute Gasteiger partial charge is 0.476 e. The second kappa shape index (κ2) is 11.1. The van der Waals surface area contributed by atoms with Gasteiger partial charge in [-0.2, -0.15) is 0 Å². The molecule has 10 heteroatoms. The van der Waals surface area contributed by atoms with Crippen molar-refractivity contribution in [2.45, 2.75) is 44.8 Å². The molecule has 1 aliphatic heterocycles. The summed E-state index contributed by atoms with van der Waals surface area (Å²) in [5, 5.41) is 12.0. The molecule has 2 aliphatic rings. The molecule has 1 saturated heterocycles. The van der Waals surface area contributed by atoms with E-state index in [2.05, 4.69) is 15.2 Å². The molecule has 2 atom stereocenters. The van der Waals surface area contributed by atoms with E-state index < -0.39 is 24.1 Å². The maximum atomic E-state index is 13.0. The van der Waals surface area contributed by atoms with E-state index in [4.69, 9.17) is 14.2 Å². The first-order chi connectivity index (χ1) is 15.9. The molecule has 1 aromatic heterocycles. The first-order valence-corrected chi connectivity index (χ1v) is 11.5. The van der Waals surface area contributed by atoms with Crippen LogP contribution in [0.2, 0.25) is 0 Å². The summed E-state index contributed by atoms with van der Waals surface area (Å²) in [5.74, 6) is -0.360. The number of halogens is 1. The molecular formula is C23H34FN3O6. The highest BCUT2D eigenvalue weighted by atomic mass is 19.1. The highest BCUT2D eigenvalue weighted by Gasteiger charge is 2.40. The number of nitrogens with zero attached hydrogens (tertiary/aromatic N) is 2. The van der Waals surface area contributed by atoms with E-state index in [0.29, 0.717) is 25.6 Å². The van der Waals surface area contributed by atoms with Crippen molar-refractivity contribution in [3.63, 3.8) is 0 Å². The minimum absolute atomic E-state index is 0.108. The van der Waals surface area contributed by atoms with Gasteiger partial charge in [0.05, 0.1) is 12.7 Å². The van der Waals surface area contributed by atoms with Crippen molar-refractivity contribution < 1.29 is 33.3 Å². The molecule has 33 heavy (non-hydrogen) atoms. The van der Waals surface area contributed by atoms with Gasteiger partial charge in [-0.05, 0) is 43.2 Å². The number of alkyl halides is 1. The van der Waals surface area contributed by atoms with Gasteiger partial charge in [0.2, 0.25) is 5.88 Å². The van der Waals surface area contributed by atoms with Gasteiger partial charge in [-0.15, -0.1) is 0 Å². The Morgan fingerprint density at radius 1 is 1.27 bits per heavy atom. The highest BCUT2D eigenvalue weighted by Crippen LogP contribution is 2.39. The predicted octanol–water partition coefficient (Wildman–Crippen LogP) is 1.73. The van der Waals surface area contributed by atoms with Crippen LogP contribution in [0.25, 0.3) is 0 Å². The maximum absolute atomic E-state index is 13.0. The second-order valence-electron chi connectivity index (χ2n) is 8.60. The Balaban J connectivity index is 1.77. The third kappa shape index (κ3) is 5.73. The van der Waals surface area contributed by atoms with Crippen LogP contribution in [-0.2, 0) is 14.3 Å². The van der Waals surface area contributed by atoms with Gasteiger partial charge in [-0.3, -0.25) is 4.79 Å². The van der Waals surface area contributed by atoms with Crippen molar-refractivity contribution in [3.8, 4) is 5.88 Å². The predicted molar refractivity (Wildman–Crippen MR) is 119 cm³/mol. The van der Waals surface area contributed by atoms with E-state index in [9.17, 15) is 19.1 Å². The molecule has 0 spiro atoms. The Morgan fingerprint density at radius 2 is 2.00 bits per heavy atom. The van der Waals surface area contributed by atoms with E-state index in [-0.39, 0.29) is 49.7 Å². The zero-order valence-electron chi connectivity index (χ0n) is 19.5. The fourth-order valence-corrected chi connectivity index (χ4v) is 3.93. The smallest absolute Gasteiger partial charge is 0.331 e. The lowest BCUT2D eigenvalue weighted by Crippen LogP contribution is -2.55. The van der Waals surface area contributed by atoms with Crippen molar-refractivity contribution in [3.05, 3.63) is 17.8 Å². The molecular weight excluding hydrogens is 433 g/mol. The monoisotopic (exact) mass is 467 g/mol. The molecule has 9 nitrogen and oxygen atoms in total. The number of pyridine rings is 1. The van der Waals surface area contributed by atoms with Gasteiger partial charge >= 0.3 is 5.97 Å². The van der Waals surface area contributed by atoms with Crippen LogP contribution in [0, 0.1) is 11.8 Å². The molecule has 1 saturated carbocycles. The van der Waals surface area contributed by atoms with Crippen LogP contribution in [0.5, 0.6) is 5.88 Å². The summed E-state index contributed by atoms with van der Waals surface area (Å²) in [6, 6.07) is 3.37. The molecule has 3 rings (SSSR count). The van der Waals surface area contributed by atoms with Gasteiger partial charge in [0, 0.05) is 26.8 Å². The molecule has 2 unspecified atom stereocenters. The Hall–Kier alpha value is -2.46. The standard InChI is InChI=1S/C23H34FN3O6/c1-4-23(5-2,22(30)32-9-8-24)26-20(29)18-6-7-19(27-11-17(12-27)31-3)21(25-18)33-14-16-10-15(16)13-28/h6-7,15-17,28H,4-5,8-14H2,1-3H3,(H,26,29). The number of nitrogens with one attached hydrogen (secondary N) is 1. The third-order valence-electron chi connectivity index (χ3n) is 6.59. The number of carbonyl (C=O) groups is 2. The number of carbonyl (C=O) groups excluding carboxylic acids is 2. The number of hydrogen-bond donors (Lipinski definition) is 2. The van der Waals surface area contributed by atoms with Crippen LogP contribution < -0.4 is 15.0 Å². The first kappa shape index (κ1) is 25.2. The van der Waals surface area contributed by atoms with Crippen LogP contribution >= 0.6 is 0 Å². The fourth-order valence-electron chi connectivity index (χ4n) is 3.93. The molecule has 1 amide bonds. The van der Waals surface area contributed by atoms with E-state index in [1.54, 1.807) is 33.1 Å². The van der Waals surface area contributed by atoms with E-state index in [0.717, 1.165) is 12.1 Å². The maximum Gasteiger partial charge on any atom is 0.331 e. The van der Waals surface area contributed by atoms with Crippen LogP contribution in [-0.4, -0.2) is 80.3 Å². The van der Waals surface area contributed by atoms with E-state index in [1.165, 1.54) is 0 Å². The molecule has 0 aromatic carbocycles. The lowest BCUT2D eigenvalue weighted by atomic mass is 9.92. The Morgan fingerprint density at radius 3 is 2.58 bits per heavy atom. The van der Waals surface area contributed by atoms with Gasteiger partial charge in [0.25, 0.3) is 5.91 Å². The Bertz CT molecular complexity index is 828. The number of methoxy groups -OCH3 is 1. The zero-order valence-corrected chi connectivity index (χ0v) is 19.5. The molecule has 0 bridgehead atoms. The highest BCUT2D eigenvalue weighted by molar-refractivity contribution is 5.97. The number of aliphatic hydroxyl groups excluding tert-OH is 1. The normalized spacial score (nSPS) is 20.2. The van der Waals surface area contributed by atoms with Crippen LogP contribution in [0.4, 0.5) is 10.1 Å². The summed E-state index contributed by atoms with van der Waals surface area (Å²) >= 11 is 0. The van der Waals surface area contributed by atoms with Crippen molar-refractivity contribution >= 4 is 17.6 Å². The van der Waals surface area contributed by atoms with E-state index in [1.807, 2.05) is 0 Å². The lowest BCUT2D eigenvalue weighted by Gasteiger charge is -2.40. The van der Waals surface area contributed by atoms with Gasteiger partial charge in [0.1, 0.15) is 30.2 Å².